The van der Waals surface area contributed by atoms with Gasteiger partial charge in [0.2, 0.25) is 0 Å². The van der Waals surface area contributed by atoms with Gasteiger partial charge in [-0.25, -0.2) is 4.79 Å². The molecule has 0 spiro atoms. The molecule has 0 radical (unpaired) electrons. The highest BCUT2D eigenvalue weighted by Gasteiger charge is 2.36. The highest BCUT2D eigenvalue weighted by molar-refractivity contribution is 14.0. The van der Waals surface area contributed by atoms with Crippen LogP contribution in [-0.4, -0.2) is 59.7 Å². The van der Waals surface area contributed by atoms with E-state index in [9.17, 15) is 4.79 Å². The maximum Gasteiger partial charge on any atom is 0.410 e. The van der Waals surface area contributed by atoms with Crippen LogP contribution in [0.5, 0.6) is 0 Å². The van der Waals surface area contributed by atoms with E-state index in [0.29, 0.717) is 13.1 Å². The van der Waals surface area contributed by atoms with Crippen LogP contribution in [0.1, 0.15) is 38.8 Å². The SMILES string of the molecule is CCc1ccccc1CNC1=NCC2CN(C(=O)OC(C)(C)C)CCN12.I. The van der Waals surface area contributed by atoms with Crippen LogP contribution in [0.3, 0.4) is 0 Å². The third-order valence-corrected chi connectivity index (χ3v) is 4.79. The Kier molecular flexibility index (Phi) is 7.36. The number of aryl methyl sites for hydroxylation is 1. The third kappa shape index (κ3) is 5.49. The molecule has 7 heteroatoms. The van der Waals surface area contributed by atoms with Gasteiger partial charge in [0.15, 0.2) is 5.96 Å². The van der Waals surface area contributed by atoms with Gasteiger partial charge in [0.1, 0.15) is 5.60 Å². The Morgan fingerprint density at radius 1 is 1.26 bits per heavy atom. The van der Waals surface area contributed by atoms with Crippen LogP contribution in [0.4, 0.5) is 4.79 Å². The quantitative estimate of drug-likeness (QED) is 0.667. The minimum Gasteiger partial charge on any atom is -0.444 e. The maximum absolute atomic E-state index is 12.3. The first-order valence-corrected chi connectivity index (χ1v) is 9.47. The number of aliphatic imine (C=N–C) groups is 1. The monoisotopic (exact) mass is 486 g/mol. The molecule has 0 bridgehead atoms. The summed E-state index contributed by atoms with van der Waals surface area (Å²) >= 11 is 0. The van der Waals surface area contributed by atoms with Crippen molar-refractivity contribution in [2.24, 2.45) is 4.99 Å². The second kappa shape index (κ2) is 9.12. The van der Waals surface area contributed by atoms with Gasteiger partial charge in [0.05, 0.1) is 12.6 Å². The minimum atomic E-state index is -0.459. The fourth-order valence-electron chi connectivity index (χ4n) is 3.47. The summed E-state index contributed by atoms with van der Waals surface area (Å²) < 4.78 is 5.50. The van der Waals surface area contributed by atoms with Crippen LogP contribution in [0.15, 0.2) is 29.3 Å². The number of nitrogens with one attached hydrogen (secondary N) is 1. The molecule has 0 aromatic heterocycles. The van der Waals surface area contributed by atoms with Crippen molar-refractivity contribution in [1.29, 1.82) is 0 Å². The zero-order chi connectivity index (χ0) is 18.7. The van der Waals surface area contributed by atoms with Gasteiger partial charge in [0.25, 0.3) is 0 Å². The molecule has 27 heavy (non-hydrogen) atoms. The molecule has 150 valence electrons. The molecule has 2 aliphatic heterocycles. The Labute approximate surface area is 179 Å². The number of benzene rings is 1. The number of rotatable bonds is 3. The van der Waals surface area contributed by atoms with Crippen molar-refractivity contribution >= 4 is 36.0 Å². The molecule has 1 N–H and O–H groups in total. The van der Waals surface area contributed by atoms with E-state index in [1.807, 2.05) is 20.8 Å². The highest BCUT2D eigenvalue weighted by atomic mass is 127. The Balaban J connectivity index is 0.00000261. The number of nitrogens with zero attached hydrogens (tertiary/aromatic N) is 3. The lowest BCUT2D eigenvalue weighted by atomic mass is 10.1. The lowest BCUT2D eigenvalue weighted by Crippen LogP contribution is -2.57. The second-order valence-corrected chi connectivity index (χ2v) is 7.91. The van der Waals surface area contributed by atoms with Crippen LogP contribution < -0.4 is 5.32 Å². The summed E-state index contributed by atoms with van der Waals surface area (Å²) in [6, 6.07) is 8.74. The topological polar surface area (TPSA) is 57.2 Å². The van der Waals surface area contributed by atoms with Crippen LogP contribution in [0.2, 0.25) is 0 Å². The Hall–Kier alpha value is -1.51. The molecule has 0 aliphatic carbocycles. The summed E-state index contributed by atoms with van der Waals surface area (Å²) in [7, 11) is 0. The first kappa shape index (κ1) is 21.8. The normalized spacial score (nSPS) is 19.1. The van der Waals surface area contributed by atoms with Crippen molar-refractivity contribution in [2.75, 3.05) is 26.2 Å². The van der Waals surface area contributed by atoms with Gasteiger partial charge in [-0.2, -0.15) is 0 Å². The zero-order valence-electron chi connectivity index (χ0n) is 16.7. The molecular weight excluding hydrogens is 455 g/mol. The van der Waals surface area contributed by atoms with Gasteiger partial charge < -0.3 is 19.9 Å². The average molecular weight is 486 g/mol. The standard InChI is InChI=1S/C20H30N4O2.HI/c1-5-15-8-6-7-9-16(15)12-21-18-22-13-17-14-23(10-11-24(17)18)19(25)26-20(2,3)4;/h6-9,17H,5,10-14H2,1-4H3,(H,21,22);1H. The molecule has 1 aromatic rings. The second-order valence-electron chi connectivity index (χ2n) is 7.91. The molecule has 6 nitrogen and oxygen atoms in total. The molecule has 1 saturated heterocycles. The van der Waals surface area contributed by atoms with E-state index < -0.39 is 5.60 Å². The number of fused-ring (bicyclic) bond motifs is 1. The number of hydrogen-bond donors (Lipinski definition) is 1. The van der Waals surface area contributed by atoms with Crippen molar-refractivity contribution in [3.05, 3.63) is 35.4 Å². The Bertz CT molecular complexity index is 687. The molecule has 1 fully saturated rings. The van der Waals surface area contributed by atoms with E-state index in [1.54, 1.807) is 4.90 Å². The highest BCUT2D eigenvalue weighted by Crippen LogP contribution is 2.19. The van der Waals surface area contributed by atoms with Crippen molar-refractivity contribution in [3.63, 3.8) is 0 Å². The van der Waals surface area contributed by atoms with E-state index in [1.165, 1.54) is 11.1 Å². The lowest BCUT2D eigenvalue weighted by molar-refractivity contribution is 0.0137. The Morgan fingerprint density at radius 3 is 2.63 bits per heavy atom. The summed E-state index contributed by atoms with van der Waals surface area (Å²) in [6.45, 7) is 11.5. The predicted octanol–water partition coefficient (Wildman–Crippen LogP) is 3.25. The molecule has 3 rings (SSSR count). The van der Waals surface area contributed by atoms with Gasteiger partial charge >= 0.3 is 6.09 Å². The molecule has 0 saturated carbocycles. The van der Waals surface area contributed by atoms with E-state index in [0.717, 1.165) is 32.0 Å². The maximum atomic E-state index is 12.3. The Morgan fingerprint density at radius 2 is 1.96 bits per heavy atom. The molecule has 2 aliphatic rings. The van der Waals surface area contributed by atoms with Crippen molar-refractivity contribution in [3.8, 4) is 0 Å². The van der Waals surface area contributed by atoms with Crippen LogP contribution >= 0.6 is 24.0 Å². The van der Waals surface area contributed by atoms with Crippen LogP contribution in [-0.2, 0) is 17.7 Å². The fourth-order valence-corrected chi connectivity index (χ4v) is 3.47. The summed E-state index contributed by atoms with van der Waals surface area (Å²) in [4.78, 5) is 21.1. The number of guanidine groups is 1. The molecule has 1 atom stereocenters. The number of halogens is 1. The summed E-state index contributed by atoms with van der Waals surface area (Å²) in [5.41, 5.74) is 2.22. The number of ether oxygens (including phenoxy) is 1. The molecule has 1 amide bonds. The number of piperazine rings is 1. The van der Waals surface area contributed by atoms with Crippen LogP contribution in [0, 0.1) is 0 Å². The van der Waals surface area contributed by atoms with Crippen LogP contribution in [0.25, 0.3) is 0 Å². The smallest absolute Gasteiger partial charge is 0.410 e. The summed E-state index contributed by atoms with van der Waals surface area (Å²) in [5.74, 6) is 0.949. The molecular formula is C20H31IN4O2. The first-order chi connectivity index (χ1) is 12.4. The van der Waals surface area contributed by atoms with Gasteiger partial charge in [-0.1, -0.05) is 31.2 Å². The minimum absolute atomic E-state index is 0. The average Bonchev–Trinajstić information content (AvgIpc) is 3.01. The van der Waals surface area contributed by atoms with E-state index in [2.05, 4.69) is 46.4 Å². The lowest BCUT2D eigenvalue weighted by Gasteiger charge is -2.39. The predicted molar refractivity (Wildman–Crippen MR) is 119 cm³/mol. The van der Waals surface area contributed by atoms with E-state index >= 15 is 0 Å². The summed E-state index contributed by atoms with van der Waals surface area (Å²) in [6.07, 6.45) is 0.803. The first-order valence-electron chi connectivity index (χ1n) is 9.47. The van der Waals surface area contributed by atoms with Crippen molar-refractivity contribution in [2.45, 2.75) is 52.3 Å². The van der Waals surface area contributed by atoms with Gasteiger partial charge in [-0.15, -0.1) is 24.0 Å². The number of carbonyl (C=O) groups is 1. The van der Waals surface area contributed by atoms with E-state index in [4.69, 9.17) is 4.74 Å². The van der Waals surface area contributed by atoms with E-state index in [-0.39, 0.29) is 36.1 Å². The summed E-state index contributed by atoms with van der Waals surface area (Å²) in [5, 5.41) is 3.50. The van der Waals surface area contributed by atoms with Gasteiger partial charge in [0, 0.05) is 26.2 Å². The third-order valence-electron chi connectivity index (χ3n) is 4.79. The van der Waals surface area contributed by atoms with Gasteiger partial charge in [-0.3, -0.25) is 4.99 Å². The van der Waals surface area contributed by atoms with Gasteiger partial charge in [-0.05, 0) is 38.3 Å². The fraction of sp³-hybridized carbons (Fsp3) is 0.600. The van der Waals surface area contributed by atoms with Crippen molar-refractivity contribution in [1.82, 2.24) is 15.1 Å². The number of amides is 1. The number of carbonyl (C=O) groups excluding carboxylic acids is 1. The molecule has 1 aromatic carbocycles. The largest absolute Gasteiger partial charge is 0.444 e. The molecule has 2 heterocycles. The molecule has 1 unspecified atom stereocenters. The zero-order valence-corrected chi connectivity index (χ0v) is 19.0. The van der Waals surface area contributed by atoms with Crippen molar-refractivity contribution < 1.29 is 9.53 Å². The number of hydrogen-bond acceptors (Lipinski definition) is 5.